The number of hydrogen-bond acceptors (Lipinski definition) is 2. The molecule has 0 aliphatic carbocycles. The maximum absolute atomic E-state index is 13.7. The van der Waals surface area contributed by atoms with Gasteiger partial charge in [0, 0.05) is 24.7 Å². The lowest BCUT2D eigenvalue weighted by Crippen LogP contribution is -2.43. The average molecular weight is 285 g/mol. The van der Waals surface area contributed by atoms with Gasteiger partial charge in [-0.2, -0.15) is 0 Å². The molecule has 1 heterocycles. The summed E-state index contributed by atoms with van der Waals surface area (Å²) in [6.07, 6.45) is 3.95. The van der Waals surface area contributed by atoms with Gasteiger partial charge in [0.2, 0.25) is 0 Å². The van der Waals surface area contributed by atoms with Crippen molar-refractivity contribution in [2.45, 2.75) is 38.8 Å². The summed E-state index contributed by atoms with van der Waals surface area (Å²) in [6.45, 7) is 6.02. The van der Waals surface area contributed by atoms with Gasteiger partial charge in [-0.25, -0.2) is 4.39 Å². The standard InChI is InChI=1S/C15H22ClFN2/c1-12(19-8-3-2-4-9-19)10-18-11-13-6-5-7-14(16)15(13)17/h5-7,12,18H,2-4,8-11H2,1H3. The van der Waals surface area contributed by atoms with E-state index in [1.54, 1.807) is 18.2 Å². The van der Waals surface area contributed by atoms with E-state index in [1.807, 2.05) is 0 Å². The molecule has 1 aromatic carbocycles. The van der Waals surface area contributed by atoms with Gasteiger partial charge in [-0.15, -0.1) is 0 Å². The van der Waals surface area contributed by atoms with Crippen LogP contribution in [0.1, 0.15) is 31.7 Å². The van der Waals surface area contributed by atoms with Crippen LogP contribution in [0.5, 0.6) is 0 Å². The van der Waals surface area contributed by atoms with Crippen LogP contribution in [0, 0.1) is 5.82 Å². The minimum atomic E-state index is -0.303. The van der Waals surface area contributed by atoms with E-state index in [0.717, 1.165) is 6.54 Å². The number of halogens is 2. The van der Waals surface area contributed by atoms with Gasteiger partial charge in [0.05, 0.1) is 5.02 Å². The lowest BCUT2D eigenvalue weighted by atomic mass is 10.1. The average Bonchev–Trinajstić information content (AvgIpc) is 2.44. The van der Waals surface area contributed by atoms with Crippen LogP contribution >= 0.6 is 11.6 Å². The van der Waals surface area contributed by atoms with Crippen molar-refractivity contribution < 1.29 is 4.39 Å². The van der Waals surface area contributed by atoms with Crippen LogP contribution in [0.3, 0.4) is 0 Å². The third-order valence-corrected chi connectivity index (χ3v) is 4.09. The monoisotopic (exact) mass is 284 g/mol. The molecule has 4 heteroatoms. The summed E-state index contributed by atoms with van der Waals surface area (Å²) in [5.74, 6) is -0.303. The predicted octanol–water partition coefficient (Wildman–Crippen LogP) is 3.44. The highest BCUT2D eigenvalue weighted by Crippen LogP contribution is 2.17. The third-order valence-electron chi connectivity index (χ3n) is 3.80. The quantitative estimate of drug-likeness (QED) is 0.891. The van der Waals surface area contributed by atoms with E-state index in [0.29, 0.717) is 18.2 Å². The highest BCUT2D eigenvalue weighted by molar-refractivity contribution is 6.30. The summed E-state index contributed by atoms with van der Waals surface area (Å²) in [7, 11) is 0. The first-order valence-corrected chi connectivity index (χ1v) is 7.44. The molecule has 0 spiro atoms. The van der Waals surface area contributed by atoms with Crippen molar-refractivity contribution in [1.29, 1.82) is 0 Å². The first kappa shape index (κ1) is 14.8. The Labute approximate surface area is 119 Å². The number of hydrogen-bond donors (Lipinski definition) is 1. The Morgan fingerprint density at radius 2 is 2.05 bits per heavy atom. The molecule has 0 bridgehead atoms. The Morgan fingerprint density at radius 3 is 2.79 bits per heavy atom. The molecule has 0 saturated carbocycles. The van der Waals surface area contributed by atoms with Gasteiger partial charge in [-0.1, -0.05) is 30.2 Å². The molecule has 1 aromatic rings. The largest absolute Gasteiger partial charge is 0.311 e. The van der Waals surface area contributed by atoms with Crippen molar-refractivity contribution >= 4 is 11.6 Å². The summed E-state index contributed by atoms with van der Waals surface area (Å²) in [4.78, 5) is 2.50. The second-order valence-electron chi connectivity index (χ2n) is 5.29. The Morgan fingerprint density at radius 1 is 1.32 bits per heavy atom. The SMILES string of the molecule is CC(CNCc1cccc(Cl)c1F)N1CCCCC1. The van der Waals surface area contributed by atoms with E-state index < -0.39 is 0 Å². The highest BCUT2D eigenvalue weighted by Gasteiger charge is 2.16. The summed E-state index contributed by atoms with van der Waals surface area (Å²) >= 11 is 5.77. The molecule has 1 atom stereocenters. The summed E-state index contributed by atoms with van der Waals surface area (Å²) in [5, 5.41) is 3.52. The van der Waals surface area contributed by atoms with Crippen LogP contribution in [0.15, 0.2) is 18.2 Å². The van der Waals surface area contributed by atoms with Crippen molar-refractivity contribution in [2.75, 3.05) is 19.6 Å². The first-order valence-electron chi connectivity index (χ1n) is 7.06. The molecule has 2 nitrogen and oxygen atoms in total. The number of piperidine rings is 1. The molecule has 1 unspecified atom stereocenters. The molecule has 0 radical (unpaired) electrons. The van der Waals surface area contributed by atoms with Crippen LogP contribution in [0.4, 0.5) is 4.39 Å². The van der Waals surface area contributed by atoms with Gasteiger partial charge in [-0.05, 0) is 38.9 Å². The highest BCUT2D eigenvalue weighted by atomic mass is 35.5. The van der Waals surface area contributed by atoms with Gasteiger partial charge in [0.15, 0.2) is 0 Å². The number of nitrogens with zero attached hydrogens (tertiary/aromatic N) is 1. The molecule has 106 valence electrons. The van der Waals surface area contributed by atoms with Gasteiger partial charge in [0.1, 0.15) is 5.82 Å². The van der Waals surface area contributed by atoms with Crippen LogP contribution in [0.2, 0.25) is 5.02 Å². The normalized spacial score (nSPS) is 18.5. The molecule has 0 amide bonds. The Hall–Kier alpha value is -0.640. The molecular weight excluding hydrogens is 263 g/mol. The zero-order chi connectivity index (χ0) is 13.7. The van der Waals surface area contributed by atoms with Gasteiger partial charge < -0.3 is 5.32 Å². The minimum absolute atomic E-state index is 0.198. The number of rotatable bonds is 5. The van der Waals surface area contributed by atoms with Gasteiger partial charge in [-0.3, -0.25) is 4.90 Å². The molecule has 1 saturated heterocycles. The molecular formula is C15H22ClFN2. The number of likely N-dealkylation sites (tertiary alicyclic amines) is 1. The van der Waals surface area contributed by atoms with Crippen LogP contribution in [0.25, 0.3) is 0 Å². The van der Waals surface area contributed by atoms with Crippen molar-refractivity contribution in [2.24, 2.45) is 0 Å². The van der Waals surface area contributed by atoms with Crippen molar-refractivity contribution in [3.63, 3.8) is 0 Å². The fourth-order valence-electron chi connectivity index (χ4n) is 2.59. The zero-order valence-electron chi connectivity index (χ0n) is 11.5. The van der Waals surface area contributed by atoms with Crippen molar-refractivity contribution in [3.8, 4) is 0 Å². The van der Waals surface area contributed by atoms with Crippen molar-refractivity contribution in [1.82, 2.24) is 10.2 Å². The fourth-order valence-corrected chi connectivity index (χ4v) is 2.78. The summed E-state index contributed by atoms with van der Waals surface area (Å²) < 4.78 is 13.7. The van der Waals surface area contributed by atoms with Crippen molar-refractivity contribution in [3.05, 3.63) is 34.6 Å². The lowest BCUT2D eigenvalue weighted by Gasteiger charge is -2.32. The predicted molar refractivity (Wildman–Crippen MR) is 78.0 cm³/mol. The second-order valence-corrected chi connectivity index (χ2v) is 5.70. The molecule has 2 rings (SSSR count). The minimum Gasteiger partial charge on any atom is -0.311 e. The van der Waals surface area contributed by atoms with Crippen LogP contribution in [-0.2, 0) is 6.54 Å². The van der Waals surface area contributed by atoms with Gasteiger partial charge >= 0.3 is 0 Å². The Bertz CT molecular complexity index is 405. The van der Waals surface area contributed by atoms with E-state index in [-0.39, 0.29) is 10.8 Å². The maximum Gasteiger partial charge on any atom is 0.146 e. The Kier molecular flexibility index (Phi) is 5.61. The molecule has 0 aromatic heterocycles. The Balaban J connectivity index is 1.78. The topological polar surface area (TPSA) is 15.3 Å². The number of benzene rings is 1. The summed E-state index contributed by atoms with van der Waals surface area (Å²) in [5.41, 5.74) is 0.637. The molecule has 1 aliphatic rings. The third kappa shape index (κ3) is 4.16. The fraction of sp³-hybridized carbons (Fsp3) is 0.600. The van der Waals surface area contributed by atoms with Crippen LogP contribution in [-0.4, -0.2) is 30.6 Å². The smallest absolute Gasteiger partial charge is 0.146 e. The first-order chi connectivity index (χ1) is 9.18. The maximum atomic E-state index is 13.7. The number of nitrogens with one attached hydrogen (secondary N) is 1. The summed E-state index contributed by atoms with van der Waals surface area (Å²) in [6, 6.07) is 5.65. The zero-order valence-corrected chi connectivity index (χ0v) is 12.2. The van der Waals surface area contributed by atoms with E-state index in [1.165, 1.54) is 32.4 Å². The second kappa shape index (κ2) is 7.22. The van der Waals surface area contributed by atoms with E-state index in [4.69, 9.17) is 11.6 Å². The van der Waals surface area contributed by atoms with Crippen LogP contribution < -0.4 is 5.32 Å². The van der Waals surface area contributed by atoms with E-state index in [9.17, 15) is 4.39 Å². The van der Waals surface area contributed by atoms with E-state index in [2.05, 4.69) is 17.1 Å². The van der Waals surface area contributed by atoms with Gasteiger partial charge in [0.25, 0.3) is 0 Å². The lowest BCUT2D eigenvalue weighted by molar-refractivity contribution is 0.170. The van der Waals surface area contributed by atoms with E-state index >= 15 is 0 Å². The molecule has 19 heavy (non-hydrogen) atoms. The molecule has 1 N–H and O–H groups in total. The molecule has 1 fully saturated rings. The molecule has 1 aliphatic heterocycles.